The van der Waals surface area contributed by atoms with Gasteiger partial charge >= 0.3 is 0 Å². The summed E-state index contributed by atoms with van der Waals surface area (Å²) in [5, 5.41) is 3.11. The van der Waals surface area contributed by atoms with E-state index in [0.717, 1.165) is 23.4 Å². The summed E-state index contributed by atoms with van der Waals surface area (Å²) in [7, 11) is 1.99. The Morgan fingerprint density at radius 2 is 1.56 bits per heavy atom. The van der Waals surface area contributed by atoms with E-state index in [9.17, 15) is 4.79 Å². The molecule has 0 aromatic heterocycles. The molecule has 0 heterocycles. The Morgan fingerprint density at radius 1 is 0.926 bits per heavy atom. The van der Waals surface area contributed by atoms with Crippen molar-refractivity contribution in [2.75, 3.05) is 12.4 Å². The molecule has 0 saturated carbocycles. The van der Waals surface area contributed by atoms with Gasteiger partial charge in [0.1, 0.15) is 0 Å². The van der Waals surface area contributed by atoms with Gasteiger partial charge in [-0.05, 0) is 43.7 Å². The van der Waals surface area contributed by atoms with E-state index in [4.69, 9.17) is 0 Å². The van der Waals surface area contributed by atoms with Crippen LogP contribution in [0.4, 0.5) is 5.69 Å². The van der Waals surface area contributed by atoms with Crippen molar-refractivity contribution in [1.29, 1.82) is 0 Å². The van der Waals surface area contributed by atoms with Crippen LogP contribution < -0.4 is 5.32 Å². The maximum atomic E-state index is 12.9. The highest BCUT2D eigenvalue weighted by atomic mass is 16.2. The van der Waals surface area contributed by atoms with Crippen LogP contribution in [0.3, 0.4) is 0 Å². The number of hydrogen-bond donors (Lipinski definition) is 1. The predicted molar refractivity (Wildman–Crippen MR) is 113 cm³/mol. The van der Waals surface area contributed by atoms with Gasteiger partial charge in [-0.2, -0.15) is 0 Å². The van der Waals surface area contributed by atoms with Crippen LogP contribution in [-0.2, 0) is 11.3 Å². The minimum absolute atomic E-state index is 0.00512. The molecule has 0 spiro atoms. The lowest BCUT2D eigenvalue weighted by Gasteiger charge is -2.25. The van der Waals surface area contributed by atoms with Crippen molar-refractivity contribution in [2.45, 2.75) is 26.4 Å². The first-order valence-corrected chi connectivity index (χ1v) is 9.26. The SMILES string of the molecule is Cc1ccccc1CN(C)C(C)C(=O)Nc1ccccc1-c1ccccc1. The van der Waals surface area contributed by atoms with E-state index in [1.165, 1.54) is 11.1 Å². The first-order chi connectivity index (χ1) is 13.1. The number of anilines is 1. The number of carbonyl (C=O) groups excluding carboxylic acids is 1. The van der Waals surface area contributed by atoms with Crippen LogP contribution in [0.25, 0.3) is 11.1 Å². The van der Waals surface area contributed by atoms with Gasteiger partial charge in [-0.15, -0.1) is 0 Å². The lowest BCUT2D eigenvalue weighted by molar-refractivity contribution is -0.120. The van der Waals surface area contributed by atoms with Gasteiger partial charge in [0.25, 0.3) is 0 Å². The van der Waals surface area contributed by atoms with E-state index < -0.39 is 0 Å². The molecule has 3 aromatic rings. The molecule has 0 bridgehead atoms. The maximum absolute atomic E-state index is 12.9. The zero-order valence-electron chi connectivity index (χ0n) is 16.1. The highest BCUT2D eigenvalue weighted by molar-refractivity contribution is 5.98. The number of nitrogens with one attached hydrogen (secondary N) is 1. The number of nitrogens with zero attached hydrogens (tertiary/aromatic N) is 1. The number of benzene rings is 3. The maximum Gasteiger partial charge on any atom is 0.241 e. The molecule has 0 aliphatic heterocycles. The Bertz CT molecular complexity index is 905. The van der Waals surface area contributed by atoms with Gasteiger partial charge in [0.2, 0.25) is 5.91 Å². The number of para-hydroxylation sites is 1. The van der Waals surface area contributed by atoms with Crippen LogP contribution in [0, 0.1) is 6.92 Å². The van der Waals surface area contributed by atoms with Crippen LogP contribution in [0.1, 0.15) is 18.1 Å². The summed E-state index contributed by atoms with van der Waals surface area (Å²) in [5.41, 5.74) is 5.44. The zero-order chi connectivity index (χ0) is 19.2. The number of hydrogen-bond acceptors (Lipinski definition) is 2. The van der Waals surface area contributed by atoms with Crippen LogP contribution >= 0.6 is 0 Å². The molecule has 3 aromatic carbocycles. The first-order valence-electron chi connectivity index (χ1n) is 9.26. The van der Waals surface area contributed by atoms with Gasteiger partial charge in [0, 0.05) is 17.8 Å². The molecule has 0 radical (unpaired) electrons. The van der Waals surface area contributed by atoms with Crippen LogP contribution in [0.5, 0.6) is 0 Å². The quantitative estimate of drug-likeness (QED) is 0.663. The van der Waals surface area contributed by atoms with Crippen LogP contribution in [-0.4, -0.2) is 23.9 Å². The summed E-state index contributed by atoms with van der Waals surface area (Å²) < 4.78 is 0. The van der Waals surface area contributed by atoms with E-state index in [1.54, 1.807) is 0 Å². The first kappa shape index (κ1) is 18.9. The molecule has 138 valence electrons. The molecule has 1 unspecified atom stereocenters. The fourth-order valence-electron chi connectivity index (χ4n) is 3.09. The molecular weight excluding hydrogens is 332 g/mol. The molecule has 1 amide bonds. The lowest BCUT2D eigenvalue weighted by Crippen LogP contribution is -2.39. The van der Waals surface area contributed by atoms with E-state index in [2.05, 4.69) is 41.4 Å². The van der Waals surface area contributed by atoms with Gasteiger partial charge in [-0.3, -0.25) is 9.69 Å². The number of carbonyl (C=O) groups is 1. The Balaban J connectivity index is 1.73. The molecule has 0 saturated heterocycles. The standard InChI is InChI=1S/C24H26N2O/c1-18-11-7-8-14-21(18)17-26(3)19(2)24(27)25-23-16-10-9-15-22(23)20-12-5-4-6-13-20/h4-16,19H,17H2,1-3H3,(H,25,27). The van der Waals surface area contributed by atoms with Crippen LogP contribution in [0.2, 0.25) is 0 Å². The molecule has 27 heavy (non-hydrogen) atoms. The van der Waals surface area contributed by atoms with Gasteiger partial charge in [0.15, 0.2) is 0 Å². The number of aryl methyl sites for hydroxylation is 1. The Morgan fingerprint density at radius 3 is 2.30 bits per heavy atom. The molecule has 0 aliphatic carbocycles. The van der Waals surface area contributed by atoms with E-state index in [-0.39, 0.29) is 11.9 Å². The molecule has 1 atom stereocenters. The van der Waals surface area contributed by atoms with Crippen molar-refractivity contribution in [2.24, 2.45) is 0 Å². The highest BCUT2D eigenvalue weighted by Gasteiger charge is 2.19. The van der Waals surface area contributed by atoms with Crippen molar-refractivity contribution in [3.05, 3.63) is 90.0 Å². The van der Waals surface area contributed by atoms with Crippen molar-refractivity contribution >= 4 is 11.6 Å². The van der Waals surface area contributed by atoms with Gasteiger partial charge in [-0.25, -0.2) is 0 Å². The third kappa shape index (κ3) is 4.63. The average molecular weight is 358 g/mol. The number of amides is 1. The fraction of sp³-hybridized carbons (Fsp3) is 0.208. The van der Waals surface area contributed by atoms with Gasteiger partial charge < -0.3 is 5.32 Å². The minimum atomic E-state index is -0.242. The number of likely N-dealkylation sites (N-methyl/N-ethyl adjacent to an activating group) is 1. The molecule has 3 nitrogen and oxygen atoms in total. The largest absolute Gasteiger partial charge is 0.324 e. The molecule has 3 heteroatoms. The smallest absolute Gasteiger partial charge is 0.241 e. The average Bonchev–Trinajstić information content (AvgIpc) is 2.70. The second kappa shape index (κ2) is 8.65. The Labute approximate surface area is 161 Å². The second-order valence-corrected chi connectivity index (χ2v) is 6.92. The fourth-order valence-corrected chi connectivity index (χ4v) is 3.09. The molecule has 0 aliphatic rings. The third-order valence-corrected chi connectivity index (χ3v) is 4.99. The minimum Gasteiger partial charge on any atom is -0.324 e. The summed E-state index contributed by atoms with van der Waals surface area (Å²) in [6.45, 7) is 4.78. The van der Waals surface area contributed by atoms with Crippen molar-refractivity contribution < 1.29 is 4.79 Å². The van der Waals surface area contributed by atoms with Crippen molar-refractivity contribution in [3.8, 4) is 11.1 Å². The monoisotopic (exact) mass is 358 g/mol. The summed E-state index contributed by atoms with van der Waals surface area (Å²) in [6.07, 6.45) is 0. The molecule has 3 rings (SSSR count). The summed E-state index contributed by atoms with van der Waals surface area (Å²) in [5.74, 6) is -0.00512. The Hall–Kier alpha value is -2.91. The van der Waals surface area contributed by atoms with Gasteiger partial charge in [-0.1, -0.05) is 72.8 Å². The normalized spacial score (nSPS) is 12.0. The lowest BCUT2D eigenvalue weighted by atomic mass is 10.0. The molecule has 1 N–H and O–H groups in total. The topological polar surface area (TPSA) is 32.3 Å². The summed E-state index contributed by atoms with van der Waals surface area (Å²) in [4.78, 5) is 14.9. The van der Waals surface area contributed by atoms with E-state index in [0.29, 0.717) is 0 Å². The second-order valence-electron chi connectivity index (χ2n) is 6.92. The van der Waals surface area contributed by atoms with E-state index in [1.807, 2.05) is 68.6 Å². The van der Waals surface area contributed by atoms with Gasteiger partial charge in [0.05, 0.1) is 6.04 Å². The Kier molecular flexibility index (Phi) is 6.05. The number of rotatable bonds is 6. The molecule has 0 fully saturated rings. The third-order valence-electron chi connectivity index (χ3n) is 4.99. The molecular formula is C24H26N2O. The highest BCUT2D eigenvalue weighted by Crippen LogP contribution is 2.27. The summed E-state index contributed by atoms with van der Waals surface area (Å²) in [6, 6.07) is 26.1. The summed E-state index contributed by atoms with van der Waals surface area (Å²) >= 11 is 0. The predicted octanol–water partition coefficient (Wildman–Crippen LogP) is 5.12. The van der Waals surface area contributed by atoms with Crippen molar-refractivity contribution in [1.82, 2.24) is 4.90 Å². The van der Waals surface area contributed by atoms with Crippen molar-refractivity contribution in [3.63, 3.8) is 0 Å². The van der Waals surface area contributed by atoms with Crippen LogP contribution in [0.15, 0.2) is 78.9 Å². The zero-order valence-corrected chi connectivity index (χ0v) is 16.1. The van der Waals surface area contributed by atoms with E-state index >= 15 is 0 Å².